The molecule has 2 saturated heterocycles. The average molecular weight is 631 g/mol. The number of pyridine rings is 1. The number of carboxylic acid groups (broad SMARTS) is 1. The smallest absolute Gasteiger partial charge is 0.303 e. The Hall–Kier alpha value is -3.62. The summed E-state index contributed by atoms with van der Waals surface area (Å²) < 4.78 is 52.6. The molecule has 44 heavy (non-hydrogen) atoms. The van der Waals surface area contributed by atoms with E-state index in [2.05, 4.69) is 14.6 Å². The second-order valence-electron chi connectivity index (χ2n) is 11.4. The molecule has 0 atom stereocenters. The van der Waals surface area contributed by atoms with Gasteiger partial charge in [0.05, 0.1) is 37.8 Å². The second-order valence-corrected chi connectivity index (χ2v) is 13.2. The van der Waals surface area contributed by atoms with Gasteiger partial charge >= 0.3 is 5.97 Å². The van der Waals surface area contributed by atoms with Gasteiger partial charge in [-0.1, -0.05) is 12.8 Å². The SMILES string of the molecule is COc1ncc(-c2nc(N3CCOCC3)nc3c(CN4CCC(CCCCC(=O)O)CC4)cc(F)cc23)cc1NS(C)(=O)=O. The molecule has 5 rings (SSSR count). The lowest BCUT2D eigenvalue weighted by Crippen LogP contribution is -2.37. The number of nitrogens with one attached hydrogen (secondary N) is 1. The van der Waals surface area contributed by atoms with Crippen LogP contribution in [0.15, 0.2) is 24.4 Å². The maximum atomic E-state index is 15.2. The molecule has 2 aliphatic rings. The Morgan fingerprint density at radius 1 is 1.14 bits per heavy atom. The van der Waals surface area contributed by atoms with Gasteiger partial charge in [0, 0.05) is 43.2 Å². The number of aliphatic carboxylic acids is 1. The van der Waals surface area contributed by atoms with Gasteiger partial charge in [0.15, 0.2) is 0 Å². The lowest BCUT2D eigenvalue weighted by Gasteiger charge is -2.32. The van der Waals surface area contributed by atoms with Crippen LogP contribution in [-0.4, -0.2) is 92.1 Å². The van der Waals surface area contributed by atoms with Crippen molar-refractivity contribution in [3.05, 3.63) is 35.8 Å². The van der Waals surface area contributed by atoms with Crippen molar-refractivity contribution in [1.29, 1.82) is 0 Å². The van der Waals surface area contributed by atoms with Gasteiger partial charge in [-0.15, -0.1) is 0 Å². The number of benzene rings is 1. The molecular formula is C30H39FN6O6S. The molecule has 2 fully saturated rings. The third-order valence-corrected chi connectivity index (χ3v) is 8.68. The Balaban J connectivity index is 1.48. The van der Waals surface area contributed by atoms with Crippen LogP contribution in [0.25, 0.3) is 22.2 Å². The zero-order chi connectivity index (χ0) is 31.3. The number of carboxylic acids is 1. The first-order chi connectivity index (χ1) is 21.1. The third kappa shape index (κ3) is 8.10. The third-order valence-electron chi connectivity index (χ3n) is 8.09. The van der Waals surface area contributed by atoms with E-state index in [9.17, 15) is 13.2 Å². The van der Waals surface area contributed by atoms with E-state index < -0.39 is 21.8 Å². The minimum absolute atomic E-state index is 0.100. The van der Waals surface area contributed by atoms with Gasteiger partial charge in [-0.25, -0.2) is 27.8 Å². The van der Waals surface area contributed by atoms with E-state index in [1.165, 1.54) is 25.4 Å². The largest absolute Gasteiger partial charge is 0.481 e. The number of aromatic nitrogens is 3. The summed E-state index contributed by atoms with van der Waals surface area (Å²) in [5.74, 6) is -0.0235. The van der Waals surface area contributed by atoms with Gasteiger partial charge in [-0.2, -0.15) is 0 Å². The first-order valence-electron chi connectivity index (χ1n) is 14.9. The van der Waals surface area contributed by atoms with E-state index in [0.29, 0.717) is 73.3 Å². The van der Waals surface area contributed by atoms with Crippen molar-refractivity contribution >= 4 is 38.5 Å². The van der Waals surface area contributed by atoms with Crippen molar-refractivity contribution in [3.63, 3.8) is 0 Å². The van der Waals surface area contributed by atoms with Crippen LogP contribution < -0.4 is 14.4 Å². The zero-order valence-electron chi connectivity index (χ0n) is 25.1. The number of morpholine rings is 1. The van der Waals surface area contributed by atoms with E-state index in [4.69, 9.17) is 24.5 Å². The van der Waals surface area contributed by atoms with Gasteiger partial charge in [0.2, 0.25) is 21.9 Å². The lowest BCUT2D eigenvalue weighted by atomic mass is 9.91. The van der Waals surface area contributed by atoms with Crippen LogP contribution in [0, 0.1) is 11.7 Å². The maximum absolute atomic E-state index is 15.2. The fourth-order valence-corrected chi connectivity index (χ4v) is 6.45. The number of ether oxygens (including phenoxy) is 2. The standard InChI is InChI=1S/C30H39FN6O6S/c1-42-29-25(35-44(2,40)41)16-21(18-32-29)27-24-17-23(31)15-22(28(24)34-30(33-27)37-11-13-43-14-12-37)19-36-9-7-20(8-10-36)5-3-4-6-26(38)39/h15-18,20,35H,3-14,19H2,1-2H3,(H,38,39). The van der Waals surface area contributed by atoms with Crippen LogP contribution >= 0.6 is 0 Å². The van der Waals surface area contributed by atoms with Gasteiger partial charge in [-0.05, 0) is 62.0 Å². The van der Waals surface area contributed by atoms with Gasteiger partial charge in [-0.3, -0.25) is 14.4 Å². The number of nitrogens with zero attached hydrogens (tertiary/aromatic N) is 5. The highest BCUT2D eigenvalue weighted by Gasteiger charge is 2.24. The molecule has 2 aromatic heterocycles. The fourth-order valence-electron chi connectivity index (χ4n) is 5.90. The Morgan fingerprint density at radius 2 is 1.89 bits per heavy atom. The van der Waals surface area contributed by atoms with Crippen molar-refractivity contribution in [1.82, 2.24) is 19.9 Å². The number of rotatable bonds is 12. The summed E-state index contributed by atoms with van der Waals surface area (Å²) in [5, 5.41) is 9.39. The summed E-state index contributed by atoms with van der Waals surface area (Å²) in [6.07, 6.45) is 7.44. The number of hydrogen-bond donors (Lipinski definition) is 2. The van der Waals surface area contributed by atoms with Crippen molar-refractivity contribution in [2.75, 3.05) is 62.4 Å². The average Bonchev–Trinajstić information content (AvgIpc) is 2.99. The minimum atomic E-state index is -3.63. The molecule has 1 aromatic carbocycles. The monoisotopic (exact) mass is 630 g/mol. The fraction of sp³-hybridized carbons (Fsp3) is 0.533. The molecular weight excluding hydrogens is 591 g/mol. The van der Waals surface area contributed by atoms with Crippen LogP contribution in [0.1, 0.15) is 44.1 Å². The Bertz CT molecular complexity index is 1590. The summed E-state index contributed by atoms with van der Waals surface area (Å²) in [7, 11) is -2.24. The predicted molar refractivity (Wildman–Crippen MR) is 165 cm³/mol. The zero-order valence-corrected chi connectivity index (χ0v) is 25.9. The van der Waals surface area contributed by atoms with Gasteiger partial charge < -0.3 is 19.5 Å². The molecule has 3 aromatic rings. The molecule has 2 N–H and O–H groups in total. The number of anilines is 2. The Labute approximate surface area is 256 Å². The number of halogens is 1. The summed E-state index contributed by atoms with van der Waals surface area (Å²) in [6.45, 7) is 4.50. The molecule has 12 nitrogen and oxygen atoms in total. The summed E-state index contributed by atoms with van der Waals surface area (Å²) in [6, 6.07) is 4.53. The molecule has 238 valence electrons. The van der Waals surface area contributed by atoms with Crippen LogP contribution in [0.4, 0.5) is 16.0 Å². The second kappa shape index (κ2) is 14.0. The van der Waals surface area contributed by atoms with E-state index >= 15 is 4.39 Å². The van der Waals surface area contributed by atoms with Crippen LogP contribution in [0.3, 0.4) is 0 Å². The highest BCUT2D eigenvalue weighted by molar-refractivity contribution is 7.92. The van der Waals surface area contributed by atoms with Crippen molar-refractivity contribution in [2.45, 2.75) is 45.1 Å². The molecule has 0 amide bonds. The number of likely N-dealkylation sites (tertiary alicyclic amines) is 1. The molecule has 14 heteroatoms. The van der Waals surface area contributed by atoms with Crippen molar-refractivity contribution in [3.8, 4) is 17.1 Å². The minimum Gasteiger partial charge on any atom is -0.481 e. The Morgan fingerprint density at radius 3 is 2.57 bits per heavy atom. The predicted octanol–water partition coefficient (Wildman–Crippen LogP) is 3.90. The summed E-state index contributed by atoms with van der Waals surface area (Å²) >= 11 is 0. The molecule has 0 spiro atoms. The molecule has 0 aliphatic carbocycles. The molecule has 0 radical (unpaired) electrons. The van der Waals surface area contributed by atoms with Crippen LogP contribution in [-0.2, 0) is 26.1 Å². The lowest BCUT2D eigenvalue weighted by molar-refractivity contribution is -0.137. The molecule has 0 saturated carbocycles. The van der Waals surface area contributed by atoms with Crippen molar-refractivity contribution < 1.29 is 32.2 Å². The quantitative estimate of drug-likeness (QED) is 0.281. The highest BCUT2D eigenvalue weighted by Crippen LogP contribution is 2.35. The number of fused-ring (bicyclic) bond motifs is 1. The molecule has 0 unspecified atom stereocenters. The topological polar surface area (TPSA) is 147 Å². The number of sulfonamides is 1. The van der Waals surface area contributed by atoms with Gasteiger partial charge in [0.1, 0.15) is 11.5 Å². The summed E-state index contributed by atoms with van der Waals surface area (Å²) in [4.78, 5) is 29.3. The number of methoxy groups -OCH3 is 1. The van der Waals surface area contributed by atoms with E-state index in [0.717, 1.165) is 50.6 Å². The Kier molecular flexibility index (Phi) is 10.1. The van der Waals surface area contributed by atoms with Gasteiger partial charge in [0.25, 0.3) is 0 Å². The van der Waals surface area contributed by atoms with E-state index in [1.54, 1.807) is 6.07 Å². The summed E-state index contributed by atoms with van der Waals surface area (Å²) in [5.41, 5.74) is 2.44. The maximum Gasteiger partial charge on any atom is 0.303 e. The number of carbonyl (C=O) groups is 1. The number of piperidine rings is 1. The first kappa shape index (κ1) is 31.8. The number of hydrogen-bond acceptors (Lipinski definition) is 10. The molecule has 0 bridgehead atoms. The number of unbranched alkanes of at least 4 members (excludes halogenated alkanes) is 1. The van der Waals surface area contributed by atoms with Crippen LogP contribution in [0.5, 0.6) is 5.88 Å². The highest BCUT2D eigenvalue weighted by atomic mass is 32.2. The van der Waals surface area contributed by atoms with Crippen molar-refractivity contribution in [2.24, 2.45) is 5.92 Å². The molecule has 4 heterocycles. The normalized spacial score (nSPS) is 16.8. The first-order valence-corrected chi connectivity index (χ1v) is 16.8. The van der Waals surface area contributed by atoms with E-state index in [1.807, 2.05) is 4.90 Å². The molecule has 2 aliphatic heterocycles. The van der Waals surface area contributed by atoms with E-state index in [-0.39, 0.29) is 18.0 Å². The van der Waals surface area contributed by atoms with Crippen LogP contribution in [0.2, 0.25) is 0 Å².